The molecule has 0 saturated heterocycles. The fraction of sp³-hybridized carbons (Fsp3) is 0.154. The number of allylic oxidation sites excluding steroid dienone is 1. The number of nitrogens with zero attached hydrogens (tertiary/aromatic N) is 1. The van der Waals surface area contributed by atoms with Gasteiger partial charge in [0.15, 0.2) is 0 Å². The first-order chi connectivity index (χ1) is 7.83. The molecular formula is C13H12ClNO. The number of rotatable bonds is 3. The summed E-state index contributed by atoms with van der Waals surface area (Å²) >= 11 is 6.08. The van der Waals surface area contributed by atoms with Gasteiger partial charge in [-0.2, -0.15) is 0 Å². The van der Waals surface area contributed by atoms with Crippen LogP contribution in [0.5, 0.6) is 5.75 Å². The summed E-state index contributed by atoms with van der Waals surface area (Å²) in [7, 11) is 0. The number of halogens is 1. The topological polar surface area (TPSA) is 22.1 Å². The van der Waals surface area contributed by atoms with Crippen LogP contribution in [0.4, 0.5) is 0 Å². The van der Waals surface area contributed by atoms with Gasteiger partial charge in [-0.05, 0) is 31.2 Å². The molecule has 0 N–H and O–H groups in total. The van der Waals surface area contributed by atoms with E-state index in [2.05, 4.69) is 4.98 Å². The van der Waals surface area contributed by atoms with Crippen molar-refractivity contribution >= 4 is 22.5 Å². The second-order valence-corrected chi connectivity index (χ2v) is 3.73. The van der Waals surface area contributed by atoms with Crippen LogP contribution in [0.15, 0.2) is 42.6 Å². The molecule has 16 heavy (non-hydrogen) atoms. The van der Waals surface area contributed by atoms with Crippen LogP contribution in [0.1, 0.15) is 6.92 Å². The fourth-order valence-electron chi connectivity index (χ4n) is 1.46. The van der Waals surface area contributed by atoms with Gasteiger partial charge in [0.05, 0.1) is 5.02 Å². The Morgan fingerprint density at radius 2 is 2.25 bits per heavy atom. The lowest BCUT2D eigenvalue weighted by atomic mass is 10.2. The molecule has 0 bridgehead atoms. The van der Waals surface area contributed by atoms with E-state index in [4.69, 9.17) is 16.3 Å². The smallest absolute Gasteiger partial charge is 0.146 e. The summed E-state index contributed by atoms with van der Waals surface area (Å²) in [5.41, 5.74) is 0.805. The average Bonchev–Trinajstić information content (AvgIpc) is 2.33. The van der Waals surface area contributed by atoms with Crippen LogP contribution in [-0.4, -0.2) is 11.6 Å². The highest BCUT2D eigenvalue weighted by Gasteiger charge is 2.05. The van der Waals surface area contributed by atoms with E-state index in [9.17, 15) is 0 Å². The maximum atomic E-state index is 6.08. The molecule has 0 aliphatic carbocycles. The Hall–Kier alpha value is -1.54. The van der Waals surface area contributed by atoms with Crippen molar-refractivity contribution in [3.05, 3.63) is 47.6 Å². The number of ether oxygens (including phenoxy) is 1. The highest BCUT2D eigenvalue weighted by Crippen LogP contribution is 2.29. The third kappa shape index (κ3) is 2.17. The van der Waals surface area contributed by atoms with Gasteiger partial charge in [-0.3, -0.25) is 4.98 Å². The number of aromatic nitrogens is 1. The van der Waals surface area contributed by atoms with Crippen molar-refractivity contribution in [2.45, 2.75) is 6.92 Å². The molecule has 0 fully saturated rings. The molecule has 2 nitrogen and oxygen atoms in total. The summed E-state index contributed by atoms with van der Waals surface area (Å²) in [4.78, 5) is 4.29. The number of benzene rings is 1. The molecule has 0 aliphatic rings. The summed E-state index contributed by atoms with van der Waals surface area (Å²) in [6.45, 7) is 2.51. The minimum Gasteiger partial charge on any atom is -0.487 e. The Bertz CT molecular complexity index is 522. The normalized spacial score (nSPS) is 11.1. The zero-order valence-electron chi connectivity index (χ0n) is 8.98. The first-order valence-corrected chi connectivity index (χ1v) is 5.48. The van der Waals surface area contributed by atoms with E-state index in [1.165, 1.54) is 0 Å². The van der Waals surface area contributed by atoms with Crippen LogP contribution in [0.25, 0.3) is 10.9 Å². The zero-order chi connectivity index (χ0) is 11.4. The van der Waals surface area contributed by atoms with Crippen molar-refractivity contribution in [1.82, 2.24) is 4.98 Å². The van der Waals surface area contributed by atoms with E-state index in [0.29, 0.717) is 11.6 Å². The molecule has 1 aromatic carbocycles. The minimum absolute atomic E-state index is 0.545. The highest BCUT2D eigenvalue weighted by molar-refractivity contribution is 6.35. The van der Waals surface area contributed by atoms with Gasteiger partial charge in [-0.1, -0.05) is 23.8 Å². The maximum Gasteiger partial charge on any atom is 0.146 e. The molecule has 2 aromatic rings. The van der Waals surface area contributed by atoms with Gasteiger partial charge in [0.1, 0.15) is 17.9 Å². The van der Waals surface area contributed by atoms with Gasteiger partial charge >= 0.3 is 0 Å². The number of pyridine rings is 1. The van der Waals surface area contributed by atoms with E-state index < -0.39 is 0 Å². The van der Waals surface area contributed by atoms with Gasteiger partial charge in [-0.15, -0.1) is 0 Å². The Morgan fingerprint density at radius 1 is 1.38 bits per heavy atom. The Balaban J connectivity index is 2.42. The van der Waals surface area contributed by atoms with Crippen molar-refractivity contribution in [1.29, 1.82) is 0 Å². The average molecular weight is 234 g/mol. The largest absolute Gasteiger partial charge is 0.487 e. The van der Waals surface area contributed by atoms with Gasteiger partial charge in [-0.25, -0.2) is 0 Å². The number of hydrogen-bond donors (Lipinski definition) is 0. The summed E-state index contributed by atoms with van der Waals surface area (Å²) < 4.78 is 5.61. The molecule has 0 atom stereocenters. The first-order valence-electron chi connectivity index (χ1n) is 5.10. The van der Waals surface area contributed by atoms with E-state index in [-0.39, 0.29) is 0 Å². The summed E-state index contributed by atoms with van der Waals surface area (Å²) in [6.07, 6.45) is 5.64. The van der Waals surface area contributed by atoms with Crippen molar-refractivity contribution < 1.29 is 4.74 Å². The Labute approximate surface area is 99.5 Å². The lowest BCUT2D eigenvalue weighted by molar-refractivity contribution is 0.366. The lowest BCUT2D eigenvalue weighted by Crippen LogP contribution is -1.95. The molecule has 1 heterocycles. The summed E-state index contributed by atoms with van der Waals surface area (Å²) in [5, 5.41) is 1.61. The van der Waals surface area contributed by atoms with Crippen LogP contribution < -0.4 is 4.74 Å². The van der Waals surface area contributed by atoms with Crippen molar-refractivity contribution in [3.63, 3.8) is 0 Å². The fourth-order valence-corrected chi connectivity index (χ4v) is 1.68. The Morgan fingerprint density at radius 3 is 3.06 bits per heavy atom. The van der Waals surface area contributed by atoms with Crippen molar-refractivity contribution in [2.24, 2.45) is 0 Å². The lowest BCUT2D eigenvalue weighted by Gasteiger charge is -2.07. The molecule has 0 unspecified atom stereocenters. The third-order valence-electron chi connectivity index (χ3n) is 2.25. The van der Waals surface area contributed by atoms with Gasteiger partial charge in [0.2, 0.25) is 0 Å². The van der Waals surface area contributed by atoms with E-state index in [0.717, 1.165) is 16.7 Å². The monoisotopic (exact) mass is 233 g/mol. The van der Waals surface area contributed by atoms with Crippen molar-refractivity contribution in [2.75, 3.05) is 6.61 Å². The predicted molar refractivity (Wildman–Crippen MR) is 67.1 cm³/mol. The van der Waals surface area contributed by atoms with E-state index >= 15 is 0 Å². The molecule has 0 amide bonds. The van der Waals surface area contributed by atoms with Gasteiger partial charge < -0.3 is 4.74 Å². The first kappa shape index (κ1) is 11.0. The molecule has 3 heteroatoms. The summed E-state index contributed by atoms with van der Waals surface area (Å²) in [5.74, 6) is 0.762. The quantitative estimate of drug-likeness (QED) is 0.752. The predicted octanol–water partition coefficient (Wildman–Crippen LogP) is 3.84. The molecule has 2 rings (SSSR count). The maximum absolute atomic E-state index is 6.08. The second kappa shape index (κ2) is 4.99. The second-order valence-electron chi connectivity index (χ2n) is 3.33. The van der Waals surface area contributed by atoms with Crippen LogP contribution in [0, 0.1) is 0 Å². The van der Waals surface area contributed by atoms with Crippen LogP contribution in [0.3, 0.4) is 0 Å². The highest BCUT2D eigenvalue weighted by atomic mass is 35.5. The van der Waals surface area contributed by atoms with E-state index in [1.54, 1.807) is 6.20 Å². The SMILES string of the molecule is C/C=C/COc1ccc(Cl)c2cccnc12. The molecule has 82 valence electrons. The summed E-state index contributed by atoms with van der Waals surface area (Å²) in [6, 6.07) is 7.48. The third-order valence-corrected chi connectivity index (χ3v) is 2.58. The van der Waals surface area contributed by atoms with Gasteiger partial charge in [0.25, 0.3) is 0 Å². The minimum atomic E-state index is 0.545. The molecule has 0 aliphatic heterocycles. The van der Waals surface area contributed by atoms with E-state index in [1.807, 2.05) is 43.3 Å². The Kier molecular flexibility index (Phi) is 3.42. The van der Waals surface area contributed by atoms with Crippen molar-refractivity contribution in [3.8, 4) is 5.75 Å². The van der Waals surface area contributed by atoms with Gasteiger partial charge in [0, 0.05) is 11.6 Å². The number of fused-ring (bicyclic) bond motifs is 1. The van der Waals surface area contributed by atoms with Crippen LogP contribution in [-0.2, 0) is 0 Å². The molecule has 0 saturated carbocycles. The molecule has 1 aromatic heterocycles. The standard InChI is InChI=1S/C13H12ClNO/c1-2-3-9-16-12-7-6-11(14)10-5-4-8-15-13(10)12/h2-8H,9H2,1H3/b3-2+. The van der Waals surface area contributed by atoms with Crippen LogP contribution >= 0.6 is 11.6 Å². The molecular weight excluding hydrogens is 222 g/mol. The molecule has 0 radical (unpaired) electrons. The number of hydrogen-bond acceptors (Lipinski definition) is 2. The molecule has 0 spiro atoms. The van der Waals surface area contributed by atoms with Crippen LogP contribution in [0.2, 0.25) is 5.02 Å². The zero-order valence-corrected chi connectivity index (χ0v) is 9.74.